The summed E-state index contributed by atoms with van der Waals surface area (Å²) in [7, 11) is 0. The van der Waals surface area contributed by atoms with Crippen LogP contribution in [0.4, 0.5) is 5.95 Å². The smallest absolute Gasteiger partial charge is 0.226 e. The fourth-order valence-corrected chi connectivity index (χ4v) is 3.60. The molecule has 3 aromatic rings. The van der Waals surface area contributed by atoms with Crippen LogP contribution in [-0.4, -0.2) is 31.2 Å². The second-order valence-corrected chi connectivity index (χ2v) is 8.01. The van der Waals surface area contributed by atoms with Crippen LogP contribution in [0.15, 0.2) is 29.2 Å². The Morgan fingerprint density at radius 1 is 1.13 bits per heavy atom. The van der Waals surface area contributed by atoms with Gasteiger partial charge in [0.25, 0.3) is 0 Å². The van der Waals surface area contributed by atoms with Crippen LogP contribution in [-0.2, 0) is 6.54 Å². The number of rotatable bonds is 7. The normalized spacial score (nSPS) is 14.8. The van der Waals surface area contributed by atoms with Crippen molar-refractivity contribution in [3.63, 3.8) is 0 Å². The van der Waals surface area contributed by atoms with E-state index in [0.29, 0.717) is 24.4 Å². The number of aryl methyl sites for hydroxylation is 1. The summed E-state index contributed by atoms with van der Waals surface area (Å²) in [6.45, 7) is 6.50. The summed E-state index contributed by atoms with van der Waals surface area (Å²) in [5.74, 6) is 2.96. The second kappa shape index (κ2) is 9.19. The number of ether oxygens (including phenoxy) is 1. The molecule has 8 nitrogen and oxygen atoms in total. The van der Waals surface area contributed by atoms with E-state index in [1.807, 2.05) is 19.1 Å². The van der Waals surface area contributed by atoms with Gasteiger partial charge in [-0.2, -0.15) is 4.98 Å². The Balaban J connectivity index is 1.46. The molecule has 8 heteroatoms. The summed E-state index contributed by atoms with van der Waals surface area (Å²) in [6.07, 6.45) is 9.62. The highest BCUT2D eigenvalue weighted by atomic mass is 16.5. The molecular formula is C22H28N6O2. The molecule has 1 saturated carbocycles. The Morgan fingerprint density at radius 2 is 1.97 bits per heavy atom. The maximum atomic E-state index is 6.07. The monoisotopic (exact) mass is 408 g/mol. The topological polar surface area (TPSA) is 98.9 Å². The van der Waals surface area contributed by atoms with Crippen molar-refractivity contribution in [2.75, 3.05) is 5.32 Å². The minimum absolute atomic E-state index is 0.236. The molecule has 3 aromatic heterocycles. The molecule has 0 atom stereocenters. The quantitative estimate of drug-likeness (QED) is 0.602. The van der Waals surface area contributed by atoms with Gasteiger partial charge in [0.1, 0.15) is 23.6 Å². The molecule has 0 saturated heterocycles. The molecule has 0 amide bonds. The fraction of sp³-hybridized carbons (Fsp3) is 0.500. The molecule has 1 fully saturated rings. The lowest BCUT2D eigenvalue weighted by Crippen LogP contribution is -2.19. The van der Waals surface area contributed by atoms with Crippen molar-refractivity contribution in [3.05, 3.63) is 41.7 Å². The summed E-state index contributed by atoms with van der Waals surface area (Å²) in [4.78, 5) is 17.4. The van der Waals surface area contributed by atoms with Crippen LogP contribution in [0.5, 0.6) is 5.75 Å². The van der Waals surface area contributed by atoms with E-state index in [0.717, 1.165) is 41.4 Å². The molecule has 158 valence electrons. The molecule has 0 unspecified atom stereocenters. The van der Waals surface area contributed by atoms with E-state index in [4.69, 9.17) is 9.26 Å². The van der Waals surface area contributed by atoms with Crippen molar-refractivity contribution in [1.82, 2.24) is 25.1 Å². The predicted octanol–water partition coefficient (Wildman–Crippen LogP) is 4.68. The van der Waals surface area contributed by atoms with Gasteiger partial charge < -0.3 is 14.6 Å². The van der Waals surface area contributed by atoms with Crippen LogP contribution in [0.25, 0.3) is 11.5 Å². The molecule has 1 aliphatic rings. The molecule has 0 aromatic carbocycles. The second-order valence-electron chi connectivity index (χ2n) is 8.01. The first-order chi connectivity index (χ1) is 14.6. The van der Waals surface area contributed by atoms with E-state index >= 15 is 0 Å². The summed E-state index contributed by atoms with van der Waals surface area (Å²) in [6, 6.07) is 3.87. The average molecular weight is 409 g/mol. The number of hydrogen-bond acceptors (Lipinski definition) is 8. The van der Waals surface area contributed by atoms with Crippen LogP contribution in [0, 0.1) is 6.92 Å². The molecule has 0 radical (unpaired) electrons. The van der Waals surface area contributed by atoms with Crippen LogP contribution < -0.4 is 10.1 Å². The molecule has 4 rings (SSSR count). The lowest BCUT2D eigenvalue weighted by atomic mass is 9.98. The van der Waals surface area contributed by atoms with E-state index < -0.39 is 0 Å². The largest absolute Gasteiger partial charge is 0.489 e. The number of aromatic nitrogens is 5. The van der Waals surface area contributed by atoms with E-state index in [1.165, 1.54) is 25.6 Å². The molecule has 30 heavy (non-hydrogen) atoms. The maximum Gasteiger partial charge on any atom is 0.226 e. The highest BCUT2D eigenvalue weighted by molar-refractivity contribution is 5.58. The van der Waals surface area contributed by atoms with Gasteiger partial charge in [0, 0.05) is 18.0 Å². The number of anilines is 1. The van der Waals surface area contributed by atoms with Gasteiger partial charge in [-0.05, 0) is 44.7 Å². The van der Waals surface area contributed by atoms with Gasteiger partial charge in [-0.15, -0.1) is 0 Å². The van der Waals surface area contributed by atoms with Crippen molar-refractivity contribution in [2.45, 2.75) is 71.4 Å². The number of pyridine rings is 1. The highest BCUT2D eigenvalue weighted by Gasteiger charge is 2.18. The number of nitrogens with zero attached hydrogens (tertiary/aromatic N) is 5. The van der Waals surface area contributed by atoms with Gasteiger partial charge in [-0.3, -0.25) is 0 Å². The Labute approximate surface area is 176 Å². The zero-order chi connectivity index (χ0) is 20.9. The standard InChI is InChI=1S/C22H28N6O2/c1-14(2)21-25-13-26-22(27-21)24-12-18-15(3)28-30-20(18)19-10-9-17(11-23-19)29-16-7-5-4-6-8-16/h9-11,13-14,16H,4-8,12H2,1-3H3,(H,24,25,26,27). The lowest BCUT2D eigenvalue weighted by molar-refractivity contribution is 0.154. The van der Waals surface area contributed by atoms with E-state index in [1.54, 1.807) is 6.20 Å². The SMILES string of the molecule is Cc1noc(-c2ccc(OC3CCCCC3)cn2)c1CNc1ncnc(C(C)C)n1. The van der Waals surface area contributed by atoms with Crippen molar-refractivity contribution in [3.8, 4) is 17.2 Å². The Bertz CT molecular complexity index is 964. The first-order valence-electron chi connectivity index (χ1n) is 10.6. The van der Waals surface area contributed by atoms with E-state index in [9.17, 15) is 0 Å². The van der Waals surface area contributed by atoms with Gasteiger partial charge in [0.05, 0.1) is 18.0 Å². The zero-order valence-corrected chi connectivity index (χ0v) is 17.8. The summed E-state index contributed by atoms with van der Waals surface area (Å²) in [5.41, 5.74) is 2.46. The van der Waals surface area contributed by atoms with Crippen LogP contribution >= 0.6 is 0 Å². The molecule has 1 aliphatic carbocycles. The summed E-state index contributed by atoms with van der Waals surface area (Å²) >= 11 is 0. The van der Waals surface area contributed by atoms with Crippen molar-refractivity contribution in [2.24, 2.45) is 0 Å². The highest BCUT2D eigenvalue weighted by Crippen LogP contribution is 2.28. The summed E-state index contributed by atoms with van der Waals surface area (Å²) in [5, 5.41) is 7.37. The average Bonchev–Trinajstić information content (AvgIpc) is 3.14. The molecule has 0 bridgehead atoms. The lowest BCUT2D eigenvalue weighted by Gasteiger charge is -2.22. The van der Waals surface area contributed by atoms with Gasteiger partial charge >= 0.3 is 0 Å². The molecule has 0 spiro atoms. The van der Waals surface area contributed by atoms with Gasteiger partial charge in [0.2, 0.25) is 5.95 Å². The third-order valence-electron chi connectivity index (χ3n) is 5.34. The van der Waals surface area contributed by atoms with Gasteiger partial charge in [0.15, 0.2) is 5.76 Å². The van der Waals surface area contributed by atoms with Crippen LogP contribution in [0.3, 0.4) is 0 Å². The van der Waals surface area contributed by atoms with Gasteiger partial charge in [-0.25, -0.2) is 15.0 Å². The third kappa shape index (κ3) is 4.75. The van der Waals surface area contributed by atoms with E-state index in [2.05, 4.69) is 44.3 Å². The first kappa shape index (κ1) is 20.3. The summed E-state index contributed by atoms with van der Waals surface area (Å²) < 4.78 is 11.6. The molecule has 3 heterocycles. The van der Waals surface area contributed by atoms with Crippen LogP contribution in [0.2, 0.25) is 0 Å². The Morgan fingerprint density at radius 3 is 2.70 bits per heavy atom. The maximum absolute atomic E-state index is 6.07. The minimum Gasteiger partial charge on any atom is -0.489 e. The van der Waals surface area contributed by atoms with Crippen LogP contribution in [0.1, 0.15) is 69.0 Å². The number of hydrogen-bond donors (Lipinski definition) is 1. The molecule has 0 aliphatic heterocycles. The third-order valence-corrected chi connectivity index (χ3v) is 5.34. The van der Waals surface area contributed by atoms with Gasteiger partial charge in [-0.1, -0.05) is 25.4 Å². The van der Waals surface area contributed by atoms with E-state index in [-0.39, 0.29) is 5.92 Å². The number of nitrogens with one attached hydrogen (secondary N) is 1. The molecule has 1 N–H and O–H groups in total. The van der Waals surface area contributed by atoms with Crippen molar-refractivity contribution < 1.29 is 9.26 Å². The fourth-order valence-electron chi connectivity index (χ4n) is 3.60. The Kier molecular flexibility index (Phi) is 6.21. The van der Waals surface area contributed by atoms with Crippen molar-refractivity contribution >= 4 is 5.95 Å². The molecular weight excluding hydrogens is 380 g/mol. The van der Waals surface area contributed by atoms with Crippen molar-refractivity contribution in [1.29, 1.82) is 0 Å². The first-order valence-corrected chi connectivity index (χ1v) is 10.6. The Hall–Kier alpha value is -3.03. The zero-order valence-electron chi connectivity index (χ0n) is 17.8. The minimum atomic E-state index is 0.236. The predicted molar refractivity (Wildman–Crippen MR) is 113 cm³/mol.